The van der Waals surface area contributed by atoms with E-state index in [4.69, 9.17) is 9.15 Å². The van der Waals surface area contributed by atoms with Gasteiger partial charge in [0, 0.05) is 46.8 Å². The summed E-state index contributed by atoms with van der Waals surface area (Å²) >= 11 is 1.50. The van der Waals surface area contributed by atoms with E-state index in [0.717, 1.165) is 38.5 Å². The van der Waals surface area contributed by atoms with Gasteiger partial charge in [-0.1, -0.05) is 0 Å². The van der Waals surface area contributed by atoms with Crippen molar-refractivity contribution < 1.29 is 13.9 Å². The summed E-state index contributed by atoms with van der Waals surface area (Å²) in [5, 5.41) is 3.73. The number of rotatable bonds is 6. The number of ether oxygens (including phenoxy) is 1. The second-order valence-corrected chi connectivity index (χ2v) is 6.82. The van der Waals surface area contributed by atoms with Gasteiger partial charge in [0.05, 0.1) is 25.5 Å². The Balaban J connectivity index is 1.47. The van der Waals surface area contributed by atoms with Gasteiger partial charge < -0.3 is 9.15 Å². The first-order valence-electron chi connectivity index (χ1n) is 8.13. The largest absolute Gasteiger partial charge is 0.497 e. The van der Waals surface area contributed by atoms with Crippen molar-refractivity contribution in [3.63, 3.8) is 0 Å². The van der Waals surface area contributed by atoms with Gasteiger partial charge in [-0.3, -0.25) is 9.78 Å². The highest BCUT2D eigenvalue weighted by molar-refractivity contribution is 7.10. The van der Waals surface area contributed by atoms with Crippen LogP contribution in [-0.4, -0.2) is 22.9 Å². The molecule has 0 N–H and O–H groups in total. The fourth-order valence-electron chi connectivity index (χ4n) is 2.82. The summed E-state index contributed by atoms with van der Waals surface area (Å²) in [7, 11) is 1.61. The Morgan fingerprint density at radius 3 is 2.85 bits per heavy atom. The number of thiazole rings is 1. The van der Waals surface area contributed by atoms with Crippen molar-refractivity contribution in [2.45, 2.75) is 12.8 Å². The molecule has 4 aromatic rings. The van der Waals surface area contributed by atoms with Gasteiger partial charge in [0.2, 0.25) is 0 Å². The lowest BCUT2D eigenvalue weighted by Crippen LogP contribution is -2.06. The van der Waals surface area contributed by atoms with Crippen molar-refractivity contribution in [1.29, 1.82) is 0 Å². The number of benzene rings is 1. The summed E-state index contributed by atoms with van der Waals surface area (Å²) in [4.78, 5) is 21.1. The maximum Gasteiger partial charge on any atom is 0.144 e. The number of carbonyl (C=O) groups excluding carboxylic acids is 1. The molecule has 0 aliphatic heterocycles. The molecule has 4 rings (SSSR count). The molecule has 0 radical (unpaired) electrons. The third-order valence-electron chi connectivity index (χ3n) is 4.13. The number of hydrogen-bond donors (Lipinski definition) is 0. The van der Waals surface area contributed by atoms with E-state index in [1.54, 1.807) is 25.8 Å². The molecule has 0 amide bonds. The summed E-state index contributed by atoms with van der Waals surface area (Å²) in [6, 6.07) is 9.43. The Morgan fingerprint density at radius 2 is 2.04 bits per heavy atom. The molecule has 130 valence electrons. The zero-order chi connectivity index (χ0) is 17.9. The highest BCUT2D eigenvalue weighted by Crippen LogP contribution is 2.27. The number of carbonyl (C=O) groups is 1. The quantitative estimate of drug-likeness (QED) is 0.510. The number of ketones is 1. The standard InChI is InChI=1S/C20H16N2O3S/c1-24-16-2-3-17-14(11-25-19(17)10-16)8-15(23)9-20-22-18(12-26-20)13-4-6-21-7-5-13/h2-7,10-12H,8-9H2,1H3. The fraction of sp³-hybridized carbons (Fsp3) is 0.150. The summed E-state index contributed by atoms with van der Waals surface area (Å²) in [5.74, 6) is 0.843. The summed E-state index contributed by atoms with van der Waals surface area (Å²) in [6.07, 6.45) is 5.76. The first kappa shape index (κ1) is 16.5. The first-order chi connectivity index (χ1) is 12.7. The van der Waals surface area contributed by atoms with Crippen molar-refractivity contribution in [2.75, 3.05) is 7.11 Å². The lowest BCUT2D eigenvalue weighted by atomic mass is 10.1. The van der Waals surface area contributed by atoms with Crippen molar-refractivity contribution in [1.82, 2.24) is 9.97 Å². The SMILES string of the molecule is COc1ccc2c(CC(=O)Cc3nc(-c4ccncc4)cs3)coc2c1. The zero-order valence-corrected chi connectivity index (χ0v) is 15.0. The number of methoxy groups -OCH3 is 1. The average molecular weight is 364 g/mol. The van der Waals surface area contributed by atoms with Crippen molar-refractivity contribution in [2.24, 2.45) is 0 Å². The van der Waals surface area contributed by atoms with Crippen LogP contribution in [0.25, 0.3) is 22.2 Å². The average Bonchev–Trinajstić information content (AvgIpc) is 3.29. The molecule has 6 heteroatoms. The second kappa shape index (κ2) is 7.09. The molecule has 26 heavy (non-hydrogen) atoms. The summed E-state index contributed by atoms with van der Waals surface area (Å²) in [6.45, 7) is 0. The Labute approximate surface area is 154 Å². The van der Waals surface area contributed by atoms with Gasteiger partial charge in [-0.25, -0.2) is 4.98 Å². The molecule has 5 nitrogen and oxygen atoms in total. The number of aromatic nitrogens is 2. The van der Waals surface area contributed by atoms with Gasteiger partial charge in [0.1, 0.15) is 22.1 Å². The minimum atomic E-state index is 0.110. The minimum absolute atomic E-state index is 0.110. The molecule has 0 aliphatic rings. The van der Waals surface area contributed by atoms with E-state index in [-0.39, 0.29) is 5.78 Å². The molecule has 0 saturated heterocycles. The van der Waals surface area contributed by atoms with Crippen LogP contribution in [0.5, 0.6) is 5.75 Å². The smallest absolute Gasteiger partial charge is 0.144 e. The molecule has 0 spiro atoms. The van der Waals surface area contributed by atoms with Crippen LogP contribution in [0.15, 0.2) is 58.8 Å². The maximum atomic E-state index is 12.5. The van der Waals surface area contributed by atoms with E-state index < -0.39 is 0 Å². The number of hydrogen-bond acceptors (Lipinski definition) is 6. The highest BCUT2D eigenvalue weighted by atomic mass is 32.1. The number of fused-ring (bicyclic) bond motifs is 1. The number of furan rings is 1. The third-order valence-corrected chi connectivity index (χ3v) is 4.98. The Bertz CT molecular complexity index is 1050. The van der Waals surface area contributed by atoms with Crippen LogP contribution < -0.4 is 4.74 Å². The summed E-state index contributed by atoms with van der Waals surface area (Å²) in [5.41, 5.74) is 3.49. The topological polar surface area (TPSA) is 65.2 Å². The molecular weight excluding hydrogens is 348 g/mol. The van der Waals surface area contributed by atoms with E-state index in [9.17, 15) is 4.79 Å². The monoisotopic (exact) mass is 364 g/mol. The molecule has 3 aromatic heterocycles. The van der Waals surface area contributed by atoms with Crippen molar-refractivity contribution in [3.8, 4) is 17.0 Å². The Hall–Kier alpha value is -2.99. The van der Waals surface area contributed by atoms with Gasteiger partial charge in [-0.15, -0.1) is 11.3 Å². The lowest BCUT2D eigenvalue weighted by Gasteiger charge is -2.00. The van der Waals surface area contributed by atoms with Crippen LogP contribution >= 0.6 is 11.3 Å². The van der Waals surface area contributed by atoms with Crippen LogP contribution in [-0.2, 0) is 17.6 Å². The molecule has 0 unspecified atom stereocenters. The predicted molar refractivity (Wildman–Crippen MR) is 101 cm³/mol. The summed E-state index contributed by atoms with van der Waals surface area (Å²) < 4.78 is 10.7. The number of pyridine rings is 1. The van der Waals surface area contributed by atoms with Crippen molar-refractivity contribution in [3.05, 3.63) is 64.9 Å². The van der Waals surface area contributed by atoms with Crippen LogP contribution in [0.3, 0.4) is 0 Å². The van der Waals surface area contributed by atoms with E-state index >= 15 is 0 Å². The van der Waals surface area contributed by atoms with Gasteiger partial charge in [-0.2, -0.15) is 0 Å². The molecular formula is C20H16N2O3S. The number of Topliss-reactive ketones (excluding diaryl/α,β-unsaturated/α-hetero) is 1. The van der Waals surface area contributed by atoms with Crippen LogP contribution in [0.4, 0.5) is 0 Å². The third kappa shape index (κ3) is 3.36. The Kier molecular flexibility index (Phi) is 4.50. The highest BCUT2D eigenvalue weighted by Gasteiger charge is 2.14. The van der Waals surface area contributed by atoms with E-state index in [1.165, 1.54) is 11.3 Å². The number of nitrogens with zero attached hydrogens (tertiary/aromatic N) is 2. The normalized spacial score (nSPS) is 11.0. The van der Waals surface area contributed by atoms with Crippen LogP contribution in [0.2, 0.25) is 0 Å². The first-order valence-corrected chi connectivity index (χ1v) is 9.01. The van der Waals surface area contributed by atoms with E-state index in [0.29, 0.717) is 12.8 Å². The molecule has 3 heterocycles. The predicted octanol–water partition coefficient (Wildman–Crippen LogP) is 4.31. The minimum Gasteiger partial charge on any atom is -0.497 e. The van der Waals surface area contributed by atoms with Gasteiger partial charge in [0.15, 0.2) is 0 Å². The maximum absolute atomic E-state index is 12.5. The van der Waals surface area contributed by atoms with Gasteiger partial charge in [0.25, 0.3) is 0 Å². The van der Waals surface area contributed by atoms with Crippen LogP contribution in [0, 0.1) is 0 Å². The lowest BCUT2D eigenvalue weighted by molar-refractivity contribution is -0.117. The van der Waals surface area contributed by atoms with Crippen molar-refractivity contribution >= 4 is 28.1 Å². The Morgan fingerprint density at radius 1 is 1.19 bits per heavy atom. The second-order valence-electron chi connectivity index (χ2n) is 5.88. The molecule has 0 bridgehead atoms. The molecule has 0 saturated carbocycles. The van der Waals surface area contributed by atoms with Gasteiger partial charge >= 0.3 is 0 Å². The molecule has 0 fully saturated rings. The van der Waals surface area contributed by atoms with Gasteiger partial charge in [-0.05, 0) is 24.3 Å². The molecule has 0 aliphatic carbocycles. The molecule has 0 atom stereocenters. The van der Waals surface area contributed by atoms with Crippen LogP contribution in [0.1, 0.15) is 10.6 Å². The fourth-order valence-corrected chi connectivity index (χ4v) is 3.65. The van der Waals surface area contributed by atoms with E-state index in [2.05, 4.69) is 9.97 Å². The molecule has 1 aromatic carbocycles. The zero-order valence-electron chi connectivity index (χ0n) is 14.1. The van der Waals surface area contributed by atoms with E-state index in [1.807, 2.05) is 35.7 Å².